The predicted octanol–water partition coefficient (Wildman–Crippen LogP) is 3.62. The zero-order valence-corrected chi connectivity index (χ0v) is 19.5. The zero-order valence-electron chi connectivity index (χ0n) is 19.5. The van der Waals surface area contributed by atoms with Crippen LogP contribution in [0.3, 0.4) is 0 Å². The molecule has 1 fully saturated rings. The molecule has 0 saturated carbocycles. The van der Waals surface area contributed by atoms with Crippen molar-refractivity contribution in [2.75, 3.05) is 59.6 Å². The van der Waals surface area contributed by atoms with Gasteiger partial charge in [0.05, 0.1) is 6.54 Å². The molecular weight excluding hydrogens is 376 g/mol. The third-order valence-corrected chi connectivity index (χ3v) is 5.82. The molecule has 0 atom stereocenters. The first-order valence-electron chi connectivity index (χ1n) is 11.7. The monoisotopic (exact) mass is 418 g/mol. The largest absolute Gasteiger partial charge is 0.492 e. The normalized spacial score (nSPS) is 15.4. The number of nitrogens with zero attached hydrogens (tertiary/aromatic N) is 3. The molecule has 0 unspecified atom stereocenters. The molecule has 0 amide bonds. The van der Waals surface area contributed by atoms with Gasteiger partial charge < -0.3 is 24.6 Å². The lowest BCUT2D eigenvalue weighted by molar-refractivity contribution is 0.0625. The first-order valence-corrected chi connectivity index (χ1v) is 11.7. The molecule has 1 aromatic carbocycles. The summed E-state index contributed by atoms with van der Waals surface area (Å²) in [6.07, 6.45) is 3.57. The SMILES string of the molecule is CCNC(=NCc1ccc(OCCN(CC)CC)cc1)N(C)CCC1CCOCC1. The molecule has 0 aliphatic carbocycles. The minimum absolute atomic E-state index is 0.670. The van der Waals surface area contributed by atoms with E-state index in [0.717, 1.165) is 70.2 Å². The van der Waals surface area contributed by atoms with Crippen LogP contribution in [0.15, 0.2) is 29.3 Å². The maximum atomic E-state index is 5.88. The fraction of sp³-hybridized carbons (Fsp3) is 0.708. The lowest BCUT2D eigenvalue weighted by atomic mass is 9.96. The Morgan fingerprint density at radius 2 is 1.80 bits per heavy atom. The quantitative estimate of drug-likeness (QED) is 0.415. The Bertz CT molecular complexity index is 596. The van der Waals surface area contributed by atoms with E-state index in [9.17, 15) is 0 Å². The van der Waals surface area contributed by atoms with Crippen LogP contribution in [0.1, 0.15) is 45.6 Å². The van der Waals surface area contributed by atoms with Crippen molar-refractivity contribution in [1.29, 1.82) is 0 Å². The van der Waals surface area contributed by atoms with E-state index in [1.807, 2.05) is 0 Å². The van der Waals surface area contributed by atoms with Crippen LogP contribution in [0.5, 0.6) is 5.75 Å². The summed E-state index contributed by atoms with van der Waals surface area (Å²) in [6, 6.07) is 8.33. The molecule has 0 spiro atoms. The maximum Gasteiger partial charge on any atom is 0.193 e. The number of aliphatic imine (C=N–C) groups is 1. The number of nitrogens with one attached hydrogen (secondary N) is 1. The zero-order chi connectivity index (χ0) is 21.6. The van der Waals surface area contributed by atoms with Crippen LogP contribution in [0.2, 0.25) is 0 Å². The van der Waals surface area contributed by atoms with Crippen LogP contribution in [-0.2, 0) is 11.3 Å². The van der Waals surface area contributed by atoms with Crippen molar-refractivity contribution >= 4 is 5.96 Å². The molecule has 6 nitrogen and oxygen atoms in total. The Morgan fingerprint density at radius 3 is 2.43 bits per heavy atom. The van der Waals surface area contributed by atoms with Crippen molar-refractivity contribution in [2.24, 2.45) is 10.9 Å². The molecule has 1 aliphatic heterocycles. The molecule has 1 N–H and O–H groups in total. The van der Waals surface area contributed by atoms with E-state index in [-0.39, 0.29) is 0 Å². The topological polar surface area (TPSA) is 49.3 Å². The third kappa shape index (κ3) is 8.92. The number of guanidine groups is 1. The summed E-state index contributed by atoms with van der Waals surface area (Å²) < 4.78 is 11.4. The van der Waals surface area contributed by atoms with Crippen molar-refractivity contribution in [3.05, 3.63) is 29.8 Å². The first kappa shape index (κ1) is 24.5. The molecule has 2 rings (SSSR count). The number of hydrogen-bond acceptors (Lipinski definition) is 4. The van der Waals surface area contributed by atoms with Gasteiger partial charge >= 0.3 is 0 Å². The van der Waals surface area contributed by atoms with Crippen molar-refractivity contribution < 1.29 is 9.47 Å². The van der Waals surface area contributed by atoms with Crippen molar-refractivity contribution in [3.63, 3.8) is 0 Å². The Morgan fingerprint density at radius 1 is 1.10 bits per heavy atom. The molecule has 0 aromatic heterocycles. The number of hydrogen-bond donors (Lipinski definition) is 1. The second kappa shape index (κ2) is 14.3. The number of ether oxygens (including phenoxy) is 2. The van der Waals surface area contributed by atoms with Gasteiger partial charge in [-0.15, -0.1) is 0 Å². The summed E-state index contributed by atoms with van der Waals surface area (Å²) in [5.74, 6) is 2.68. The Kier molecular flexibility index (Phi) is 11.6. The number of rotatable bonds is 12. The Hall–Kier alpha value is -1.79. The molecule has 0 bridgehead atoms. The minimum Gasteiger partial charge on any atom is -0.492 e. The van der Waals surface area contributed by atoms with Crippen LogP contribution < -0.4 is 10.1 Å². The van der Waals surface area contributed by atoms with E-state index in [4.69, 9.17) is 14.5 Å². The summed E-state index contributed by atoms with van der Waals surface area (Å²) >= 11 is 0. The summed E-state index contributed by atoms with van der Waals surface area (Å²) in [6.45, 7) is 14.7. The van der Waals surface area contributed by atoms with E-state index in [2.05, 4.69) is 67.2 Å². The summed E-state index contributed by atoms with van der Waals surface area (Å²) in [7, 11) is 2.13. The highest BCUT2D eigenvalue weighted by Crippen LogP contribution is 2.18. The summed E-state index contributed by atoms with van der Waals surface area (Å²) in [5, 5.41) is 3.42. The van der Waals surface area contributed by atoms with Gasteiger partial charge in [0, 0.05) is 39.9 Å². The highest BCUT2D eigenvalue weighted by Gasteiger charge is 2.15. The van der Waals surface area contributed by atoms with Gasteiger partial charge in [0.1, 0.15) is 12.4 Å². The van der Waals surface area contributed by atoms with Gasteiger partial charge in [-0.2, -0.15) is 0 Å². The average molecular weight is 419 g/mol. The van der Waals surface area contributed by atoms with Crippen LogP contribution in [0.4, 0.5) is 0 Å². The van der Waals surface area contributed by atoms with E-state index in [1.54, 1.807) is 0 Å². The van der Waals surface area contributed by atoms with E-state index >= 15 is 0 Å². The molecule has 1 heterocycles. The van der Waals surface area contributed by atoms with Crippen molar-refractivity contribution in [3.8, 4) is 5.75 Å². The van der Waals surface area contributed by atoms with Crippen molar-refractivity contribution in [2.45, 2.75) is 46.6 Å². The number of benzene rings is 1. The molecule has 30 heavy (non-hydrogen) atoms. The van der Waals surface area contributed by atoms with Gasteiger partial charge in [-0.1, -0.05) is 26.0 Å². The fourth-order valence-corrected chi connectivity index (χ4v) is 3.68. The van der Waals surface area contributed by atoms with E-state index < -0.39 is 0 Å². The van der Waals surface area contributed by atoms with Gasteiger partial charge in [-0.25, -0.2) is 4.99 Å². The first-order chi connectivity index (χ1) is 14.7. The van der Waals surface area contributed by atoms with Crippen LogP contribution in [0.25, 0.3) is 0 Å². The lowest BCUT2D eigenvalue weighted by Crippen LogP contribution is -2.40. The lowest BCUT2D eigenvalue weighted by Gasteiger charge is -2.26. The Balaban J connectivity index is 1.81. The highest BCUT2D eigenvalue weighted by atomic mass is 16.5. The molecular formula is C24H42N4O2. The molecule has 1 aromatic rings. The maximum absolute atomic E-state index is 5.88. The van der Waals surface area contributed by atoms with Gasteiger partial charge in [0.15, 0.2) is 5.96 Å². The molecule has 0 radical (unpaired) electrons. The Labute approximate surface area is 183 Å². The number of likely N-dealkylation sites (N-methyl/N-ethyl adjacent to an activating group) is 1. The molecule has 1 aliphatic rings. The fourth-order valence-electron chi connectivity index (χ4n) is 3.68. The smallest absolute Gasteiger partial charge is 0.193 e. The van der Waals surface area contributed by atoms with Crippen LogP contribution in [0, 0.1) is 5.92 Å². The molecule has 6 heteroatoms. The van der Waals surface area contributed by atoms with Gasteiger partial charge in [-0.3, -0.25) is 0 Å². The second-order valence-corrected chi connectivity index (χ2v) is 7.96. The predicted molar refractivity (Wildman–Crippen MR) is 125 cm³/mol. The summed E-state index contributed by atoms with van der Waals surface area (Å²) in [4.78, 5) is 9.46. The average Bonchev–Trinajstić information content (AvgIpc) is 2.79. The molecule has 1 saturated heterocycles. The highest BCUT2D eigenvalue weighted by molar-refractivity contribution is 5.79. The molecule has 170 valence electrons. The van der Waals surface area contributed by atoms with Crippen LogP contribution >= 0.6 is 0 Å². The minimum atomic E-state index is 0.670. The van der Waals surface area contributed by atoms with Crippen LogP contribution in [-0.4, -0.2) is 75.4 Å². The second-order valence-electron chi connectivity index (χ2n) is 7.96. The standard InChI is InChI=1S/C24H42N4O2/c1-5-25-24(27(4)15-12-21-13-17-29-18-14-21)26-20-22-8-10-23(11-9-22)30-19-16-28(6-2)7-3/h8-11,21H,5-7,12-20H2,1-4H3,(H,25,26). The summed E-state index contributed by atoms with van der Waals surface area (Å²) in [5.41, 5.74) is 1.19. The van der Waals surface area contributed by atoms with Crippen molar-refractivity contribution in [1.82, 2.24) is 15.1 Å². The van der Waals surface area contributed by atoms with Gasteiger partial charge in [-0.05, 0) is 62.9 Å². The van der Waals surface area contributed by atoms with E-state index in [1.165, 1.54) is 24.8 Å². The van der Waals surface area contributed by atoms with Gasteiger partial charge in [0.25, 0.3) is 0 Å². The van der Waals surface area contributed by atoms with Gasteiger partial charge in [0.2, 0.25) is 0 Å². The van der Waals surface area contributed by atoms with E-state index in [0.29, 0.717) is 6.54 Å². The third-order valence-electron chi connectivity index (χ3n) is 5.82.